The maximum absolute atomic E-state index is 11.3. The van der Waals surface area contributed by atoms with Gasteiger partial charge in [-0.15, -0.1) is 11.3 Å². The number of benzene rings is 1. The Morgan fingerprint density at radius 3 is 2.39 bits per heavy atom. The lowest BCUT2D eigenvalue weighted by Gasteiger charge is -2.20. The van der Waals surface area contributed by atoms with Crippen LogP contribution in [-0.4, -0.2) is 11.1 Å². The molecule has 1 aromatic carbocycles. The molecule has 1 aromatic heterocycles. The largest absolute Gasteiger partial charge is 0.481 e. The molecule has 0 saturated carbocycles. The van der Waals surface area contributed by atoms with Crippen LogP contribution in [0, 0.1) is 5.92 Å². The maximum Gasteiger partial charge on any atom is 0.307 e. The summed E-state index contributed by atoms with van der Waals surface area (Å²) >= 11 is 5.02. The summed E-state index contributed by atoms with van der Waals surface area (Å²) in [7, 11) is 0. The minimum atomic E-state index is -0.770. The molecule has 4 heteroatoms. The van der Waals surface area contributed by atoms with Gasteiger partial charge in [-0.25, -0.2) is 0 Å². The minimum Gasteiger partial charge on any atom is -0.481 e. The van der Waals surface area contributed by atoms with Crippen molar-refractivity contribution < 1.29 is 9.90 Å². The SMILES string of the molecule is C[C@@H](C(=O)O)[C@H](c1ccccc1)c1ccc(Br)s1. The molecule has 0 radical (unpaired) electrons. The predicted octanol–water partition coefficient (Wildman–Crippen LogP) is 4.36. The zero-order valence-electron chi connectivity index (χ0n) is 9.84. The molecule has 2 atom stereocenters. The normalized spacial score (nSPS) is 14.1. The fourth-order valence-corrected chi connectivity index (χ4v) is 3.66. The van der Waals surface area contributed by atoms with E-state index in [2.05, 4.69) is 15.9 Å². The summed E-state index contributed by atoms with van der Waals surface area (Å²) in [5.74, 6) is -1.31. The van der Waals surface area contributed by atoms with Crippen molar-refractivity contribution in [3.05, 3.63) is 56.7 Å². The van der Waals surface area contributed by atoms with E-state index in [1.165, 1.54) is 0 Å². The molecule has 1 heterocycles. The second-order valence-electron chi connectivity index (χ2n) is 4.16. The molecule has 1 N–H and O–H groups in total. The fraction of sp³-hybridized carbons (Fsp3) is 0.214. The van der Waals surface area contributed by atoms with Gasteiger partial charge in [0.25, 0.3) is 0 Å². The van der Waals surface area contributed by atoms with Crippen molar-refractivity contribution >= 4 is 33.2 Å². The van der Waals surface area contributed by atoms with Gasteiger partial charge in [-0.05, 0) is 33.6 Å². The Labute approximate surface area is 118 Å². The monoisotopic (exact) mass is 324 g/mol. The third-order valence-electron chi connectivity index (χ3n) is 2.95. The summed E-state index contributed by atoms with van der Waals surface area (Å²) in [4.78, 5) is 12.4. The second kappa shape index (κ2) is 5.67. The van der Waals surface area contributed by atoms with Gasteiger partial charge in [0.15, 0.2) is 0 Å². The summed E-state index contributed by atoms with van der Waals surface area (Å²) < 4.78 is 1.02. The van der Waals surface area contributed by atoms with Crippen LogP contribution in [0.4, 0.5) is 0 Å². The van der Waals surface area contributed by atoms with Gasteiger partial charge < -0.3 is 5.11 Å². The van der Waals surface area contributed by atoms with Crippen LogP contribution < -0.4 is 0 Å². The quantitative estimate of drug-likeness (QED) is 0.907. The van der Waals surface area contributed by atoms with Crippen LogP contribution in [0.1, 0.15) is 23.3 Å². The van der Waals surface area contributed by atoms with Crippen molar-refractivity contribution in [2.75, 3.05) is 0 Å². The van der Waals surface area contributed by atoms with Gasteiger partial charge >= 0.3 is 5.97 Å². The molecular weight excluding hydrogens is 312 g/mol. The number of carbonyl (C=O) groups is 1. The second-order valence-corrected chi connectivity index (χ2v) is 6.65. The molecule has 0 aliphatic rings. The molecule has 0 saturated heterocycles. The van der Waals surface area contributed by atoms with Crippen molar-refractivity contribution in [3.63, 3.8) is 0 Å². The Morgan fingerprint density at radius 2 is 1.89 bits per heavy atom. The summed E-state index contributed by atoms with van der Waals surface area (Å²) in [5.41, 5.74) is 1.04. The zero-order chi connectivity index (χ0) is 13.1. The highest BCUT2D eigenvalue weighted by molar-refractivity contribution is 9.11. The van der Waals surface area contributed by atoms with Crippen LogP contribution in [0.3, 0.4) is 0 Å². The molecule has 0 amide bonds. The van der Waals surface area contributed by atoms with E-state index in [1.807, 2.05) is 42.5 Å². The fourth-order valence-electron chi connectivity index (χ4n) is 2.00. The highest BCUT2D eigenvalue weighted by atomic mass is 79.9. The topological polar surface area (TPSA) is 37.3 Å². The van der Waals surface area contributed by atoms with Gasteiger partial charge in [-0.2, -0.15) is 0 Å². The van der Waals surface area contributed by atoms with E-state index >= 15 is 0 Å². The van der Waals surface area contributed by atoms with Crippen LogP contribution in [0.25, 0.3) is 0 Å². The Bertz CT molecular complexity index is 536. The molecule has 0 spiro atoms. The Kier molecular flexibility index (Phi) is 4.19. The first-order valence-electron chi connectivity index (χ1n) is 5.62. The average molecular weight is 325 g/mol. The Hall–Kier alpha value is -1.13. The summed E-state index contributed by atoms with van der Waals surface area (Å²) in [6.45, 7) is 1.76. The van der Waals surface area contributed by atoms with Crippen LogP contribution >= 0.6 is 27.3 Å². The average Bonchev–Trinajstić information content (AvgIpc) is 2.77. The van der Waals surface area contributed by atoms with E-state index in [1.54, 1.807) is 18.3 Å². The van der Waals surface area contributed by atoms with Crippen molar-refractivity contribution in [1.82, 2.24) is 0 Å². The van der Waals surface area contributed by atoms with Gasteiger partial charge in [0.2, 0.25) is 0 Å². The first-order chi connectivity index (χ1) is 8.59. The lowest BCUT2D eigenvalue weighted by atomic mass is 9.86. The van der Waals surface area contributed by atoms with Crippen LogP contribution in [-0.2, 0) is 4.79 Å². The molecule has 2 rings (SSSR count). The van der Waals surface area contributed by atoms with Gasteiger partial charge in [0.1, 0.15) is 0 Å². The van der Waals surface area contributed by atoms with E-state index in [4.69, 9.17) is 0 Å². The molecule has 2 aromatic rings. The van der Waals surface area contributed by atoms with E-state index in [0.29, 0.717) is 0 Å². The summed E-state index contributed by atoms with van der Waals surface area (Å²) in [6.07, 6.45) is 0. The standard InChI is InChI=1S/C14H13BrO2S/c1-9(14(16)17)13(10-5-3-2-4-6-10)11-7-8-12(15)18-11/h2-9,13H,1H3,(H,16,17)/t9-,13-/m1/s1. The van der Waals surface area contributed by atoms with E-state index in [9.17, 15) is 9.90 Å². The molecular formula is C14H13BrO2S. The van der Waals surface area contributed by atoms with Gasteiger partial charge in [0, 0.05) is 10.8 Å². The highest BCUT2D eigenvalue weighted by Crippen LogP contribution is 2.37. The summed E-state index contributed by atoms with van der Waals surface area (Å²) in [5, 5.41) is 9.27. The van der Waals surface area contributed by atoms with E-state index in [-0.39, 0.29) is 5.92 Å². The number of aliphatic carboxylic acids is 1. The molecule has 0 aliphatic heterocycles. The summed E-state index contributed by atoms with van der Waals surface area (Å²) in [6, 6.07) is 13.8. The zero-order valence-corrected chi connectivity index (χ0v) is 12.2. The number of thiophene rings is 1. The lowest BCUT2D eigenvalue weighted by Crippen LogP contribution is -2.19. The number of rotatable bonds is 4. The Morgan fingerprint density at radius 1 is 1.22 bits per heavy atom. The third-order valence-corrected chi connectivity index (χ3v) is 4.66. The number of hydrogen-bond acceptors (Lipinski definition) is 2. The van der Waals surface area contributed by atoms with Crippen molar-refractivity contribution in [2.24, 2.45) is 5.92 Å². The van der Waals surface area contributed by atoms with Crippen molar-refractivity contribution in [1.29, 1.82) is 0 Å². The predicted molar refractivity (Wildman–Crippen MR) is 77.1 cm³/mol. The number of halogens is 1. The van der Waals surface area contributed by atoms with Gasteiger partial charge in [-0.3, -0.25) is 4.79 Å². The maximum atomic E-state index is 11.3. The minimum absolute atomic E-state index is 0.0972. The number of carboxylic acids is 1. The van der Waals surface area contributed by atoms with Crippen LogP contribution in [0.15, 0.2) is 46.3 Å². The molecule has 18 heavy (non-hydrogen) atoms. The lowest BCUT2D eigenvalue weighted by molar-refractivity contribution is -0.141. The van der Waals surface area contributed by atoms with Crippen molar-refractivity contribution in [3.8, 4) is 0 Å². The third kappa shape index (κ3) is 2.82. The Balaban J connectivity index is 2.44. The molecule has 0 aliphatic carbocycles. The molecule has 94 valence electrons. The number of hydrogen-bond donors (Lipinski definition) is 1. The molecule has 2 nitrogen and oxygen atoms in total. The highest BCUT2D eigenvalue weighted by Gasteiger charge is 2.27. The molecule has 0 unspecified atom stereocenters. The molecule has 0 fully saturated rings. The first-order valence-corrected chi connectivity index (χ1v) is 7.23. The van der Waals surface area contributed by atoms with Crippen LogP contribution in [0.2, 0.25) is 0 Å². The number of carboxylic acid groups (broad SMARTS) is 1. The van der Waals surface area contributed by atoms with Crippen LogP contribution in [0.5, 0.6) is 0 Å². The van der Waals surface area contributed by atoms with E-state index in [0.717, 1.165) is 14.2 Å². The smallest absolute Gasteiger partial charge is 0.307 e. The first kappa shape index (κ1) is 13.3. The van der Waals surface area contributed by atoms with Gasteiger partial charge in [-0.1, -0.05) is 37.3 Å². The molecule has 0 bridgehead atoms. The van der Waals surface area contributed by atoms with Crippen molar-refractivity contribution in [2.45, 2.75) is 12.8 Å². The van der Waals surface area contributed by atoms with E-state index < -0.39 is 11.9 Å². The van der Waals surface area contributed by atoms with Gasteiger partial charge in [0.05, 0.1) is 9.70 Å².